The Bertz CT molecular complexity index is 767. The van der Waals surface area contributed by atoms with Crippen LogP contribution in [0.2, 0.25) is 0 Å². The third kappa shape index (κ3) is 3.81. The molecule has 5 nitrogen and oxygen atoms in total. The summed E-state index contributed by atoms with van der Waals surface area (Å²) in [5, 5.41) is 3.33. The summed E-state index contributed by atoms with van der Waals surface area (Å²) in [5.41, 5.74) is 1.71. The number of benzene rings is 1. The van der Waals surface area contributed by atoms with E-state index in [4.69, 9.17) is 4.74 Å². The molecule has 2 heterocycles. The van der Waals surface area contributed by atoms with Crippen LogP contribution in [-0.2, 0) is 9.53 Å². The Morgan fingerprint density at radius 2 is 1.92 bits per heavy atom. The minimum atomic E-state index is -0.394. The summed E-state index contributed by atoms with van der Waals surface area (Å²) in [6.45, 7) is 3.61. The van der Waals surface area contributed by atoms with Gasteiger partial charge in [0.25, 0.3) is 0 Å². The van der Waals surface area contributed by atoms with Crippen molar-refractivity contribution in [2.75, 3.05) is 25.1 Å². The zero-order chi connectivity index (χ0) is 18.5. The number of esters is 1. The third-order valence-electron chi connectivity index (χ3n) is 4.65. The topological polar surface area (TPSA) is 58.6 Å². The van der Waals surface area contributed by atoms with E-state index >= 15 is 0 Å². The van der Waals surface area contributed by atoms with Gasteiger partial charge in [-0.1, -0.05) is 37.3 Å². The Morgan fingerprint density at radius 1 is 1.23 bits per heavy atom. The first-order chi connectivity index (χ1) is 12.7. The van der Waals surface area contributed by atoms with E-state index in [9.17, 15) is 9.59 Å². The highest BCUT2D eigenvalue weighted by Gasteiger charge is 2.31. The van der Waals surface area contributed by atoms with Crippen molar-refractivity contribution in [3.63, 3.8) is 0 Å². The second-order valence-electron chi connectivity index (χ2n) is 6.28. The van der Waals surface area contributed by atoms with Crippen molar-refractivity contribution in [3.8, 4) is 10.4 Å². The average Bonchev–Trinajstić information content (AvgIpc) is 3.14. The van der Waals surface area contributed by atoms with Gasteiger partial charge in [-0.2, -0.15) is 0 Å². The molecule has 0 radical (unpaired) electrons. The van der Waals surface area contributed by atoms with Crippen LogP contribution in [-0.4, -0.2) is 38.1 Å². The van der Waals surface area contributed by atoms with E-state index in [1.165, 1.54) is 18.4 Å². The van der Waals surface area contributed by atoms with Crippen LogP contribution >= 0.6 is 11.3 Å². The number of rotatable bonds is 5. The van der Waals surface area contributed by atoms with Crippen molar-refractivity contribution in [2.24, 2.45) is 0 Å². The monoisotopic (exact) mass is 372 g/mol. The van der Waals surface area contributed by atoms with E-state index in [1.807, 2.05) is 48.2 Å². The first kappa shape index (κ1) is 18.6. The molecule has 0 saturated carbocycles. The lowest BCUT2D eigenvalue weighted by Gasteiger charge is -2.34. The molecule has 1 aromatic heterocycles. The van der Waals surface area contributed by atoms with Gasteiger partial charge in [-0.05, 0) is 37.6 Å². The summed E-state index contributed by atoms with van der Waals surface area (Å²) < 4.78 is 5.00. The van der Waals surface area contributed by atoms with Gasteiger partial charge in [0.15, 0.2) is 0 Å². The largest absolute Gasteiger partial charge is 0.465 e. The van der Waals surface area contributed by atoms with Gasteiger partial charge in [0.05, 0.1) is 12.8 Å². The highest BCUT2D eigenvalue weighted by atomic mass is 32.1. The summed E-state index contributed by atoms with van der Waals surface area (Å²) in [7, 11) is 1.38. The van der Waals surface area contributed by atoms with Crippen LogP contribution in [0.4, 0.5) is 5.69 Å². The molecule has 1 aliphatic rings. The molecule has 6 heteroatoms. The third-order valence-corrected chi connectivity index (χ3v) is 5.80. The van der Waals surface area contributed by atoms with E-state index in [1.54, 1.807) is 0 Å². The molecule has 1 aromatic carbocycles. The molecule has 1 N–H and O–H groups in total. The van der Waals surface area contributed by atoms with Gasteiger partial charge in [0.1, 0.15) is 4.88 Å². The molecule has 1 fully saturated rings. The number of carbonyl (C=O) groups excluding carboxylic acids is 2. The minimum absolute atomic E-state index is 0.0412. The maximum atomic E-state index is 12.8. The molecular weight excluding hydrogens is 348 g/mol. The second-order valence-corrected chi connectivity index (χ2v) is 7.33. The van der Waals surface area contributed by atoms with Crippen molar-refractivity contribution in [2.45, 2.75) is 32.2 Å². The Morgan fingerprint density at radius 3 is 2.54 bits per heavy atom. The highest BCUT2D eigenvalue weighted by molar-refractivity contribution is 7.18. The van der Waals surface area contributed by atoms with Gasteiger partial charge in [-0.25, -0.2) is 4.79 Å². The predicted molar refractivity (Wildman–Crippen MR) is 105 cm³/mol. The number of ether oxygens (including phenoxy) is 1. The van der Waals surface area contributed by atoms with Crippen molar-refractivity contribution >= 4 is 28.9 Å². The number of anilines is 1. The minimum Gasteiger partial charge on any atom is -0.465 e. The van der Waals surface area contributed by atoms with E-state index in [0.717, 1.165) is 36.4 Å². The average molecular weight is 372 g/mol. The van der Waals surface area contributed by atoms with Crippen LogP contribution in [0, 0.1) is 0 Å². The van der Waals surface area contributed by atoms with E-state index in [0.29, 0.717) is 17.0 Å². The molecule has 0 bridgehead atoms. The lowest BCUT2D eigenvalue weighted by molar-refractivity contribution is -0.118. The Kier molecular flexibility index (Phi) is 6.06. The lowest BCUT2D eigenvalue weighted by atomic mass is 10.0. The molecule has 3 rings (SSSR count). The van der Waals surface area contributed by atoms with Crippen LogP contribution in [0.25, 0.3) is 10.4 Å². The van der Waals surface area contributed by atoms with Gasteiger partial charge >= 0.3 is 5.97 Å². The summed E-state index contributed by atoms with van der Waals surface area (Å²) in [4.78, 5) is 28.5. The first-order valence-corrected chi connectivity index (χ1v) is 9.77. The normalized spacial score (nSPS) is 14.8. The number of piperidine rings is 1. The Labute approximate surface area is 158 Å². The van der Waals surface area contributed by atoms with Gasteiger partial charge in [-0.3, -0.25) is 4.79 Å². The van der Waals surface area contributed by atoms with Crippen LogP contribution in [0.5, 0.6) is 0 Å². The molecule has 1 amide bonds. The number of hydrogen-bond donors (Lipinski definition) is 1. The maximum absolute atomic E-state index is 12.8. The fourth-order valence-corrected chi connectivity index (χ4v) is 4.39. The van der Waals surface area contributed by atoms with Crippen LogP contribution < -0.4 is 10.2 Å². The molecule has 138 valence electrons. The zero-order valence-corrected chi connectivity index (χ0v) is 16.0. The number of carbonyl (C=O) groups is 2. The molecule has 0 atom stereocenters. The van der Waals surface area contributed by atoms with Gasteiger partial charge in [-0.15, -0.1) is 11.3 Å². The van der Waals surface area contributed by atoms with Gasteiger partial charge < -0.3 is 15.0 Å². The summed E-state index contributed by atoms with van der Waals surface area (Å²) in [5.74, 6) is -0.352. The standard InChI is InChI=1S/C20H24N2O3S/c1-3-18(23)22(15-9-11-21-12-10-15)16-13-17(14-7-5-4-6-8-14)26-19(16)20(24)25-2/h4-8,13,15,21H,3,9-12H2,1-2H3. The number of hydrogen-bond acceptors (Lipinski definition) is 5. The van der Waals surface area contributed by atoms with Crippen LogP contribution in [0.1, 0.15) is 35.9 Å². The SMILES string of the molecule is CCC(=O)N(c1cc(-c2ccccc2)sc1C(=O)OC)C1CCNCC1. The molecule has 0 aliphatic carbocycles. The van der Waals surface area contributed by atoms with Gasteiger partial charge in [0, 0.05) is 17.3 Å². The summed E-state index contributed by atoms with van der Waals surface area (Å²) in [6, 6.07) is 12.0. The maximum Gasteiger partial charge on any atom is 0.350 e. The van der Waals surface area contributed by atoms with E-state index in [-0.39, 0.29) is 11.9 Å². The summed E-state index contributed by atoms with van der Waals surface area (Å²) in [6.07, 6.45) is 2.16. The molecule has 2 aromatic rings. The van der Waals surface area contributed by atoms with Crippen molar-refractivity contribution in [1.29, 1.82) is 0 Å². The quantitative estimate of drug-likeness (QED) is 0.813. The summed E-state index contributed by atoms with van der Waals surface area (Å²) >= 11 is 1.38. The number of methoxy groups -OCH3 is 1. The first-order valence-electron chi connectivity index (χ1n) is 8.96. The van der Waals surface area contributed by atoms with E-state index < -0.39 is 5.97 Å². The van der Waals surface area contributed by atoms with Crippen LogP contribution in [0.15, 0.2) is 36.4 Å². The number of nitrogens with one attached hydrogen (secondary N) is 1. The highest BCUT2D eigenvalue weighted by Crippen LogP contribution is 2.39. The van der Waals surface area contributed by atoms with Crippen molar-refractivity contribution in [1.82, 2.24) is 5.32 Å². The fourth-order valence-electron chi connectivity index (χ4n) is 3.31. The number of nitrogens with zero attached hydrogens (tertiary/aromatic N) is 1. The molecular formula is C20H24N2O3S. The fraction of sp³-hybridized carbons (Fsp3) is 0.400. The van der Waals surface area contributed by atoms with Crippen LogP contribution in [0.3, 0.4) is 0 Å². The molecule has 0 unspecified atom stereocenters. The zero-order valence-electron chi connectivity index (χ0n) is 15.2. The lowest BCUT2D eigenvalue weighted by Crippen LogP contribution is -2.46. The van der Waals surface area contributed by atoms with Crippen molar-refractivity contribution < 1.29 is 14.3 Å². The second kappa shape index (κ2) is 8.47. The Balaban J connectivity index is 2.08. The van der Waals surface area contributed by atoms with Gasteiger partial charge in [0.2, 0.25) is 5.91 Å². The van der Waals surface area contributed by atoms with E-state index in [2.05, 4.69) is 5.32 Å². The number of amides is 1. The predicted octanol–water partition coefficient (Wildman–Crippen LogP) is 3.70. The van der Waals surface area contributed by atoms with Crippen molar-refractivity contribution in [3.05, 3.63) is 41.3 Å². The molecule has 0 spiro atoms. The smallest absolute Gasteiger partial charge is 0.350 e. The number of thiophene rings is 1. The molecule has 26 heavy (non-hydrogen) atoms. The Hall–Kier alpha value is -2.18. The molecule has 1 saturated heterocycles. The molecule has 1 aliphatic heterocycles.